The van der Waals surface area contributed by atoms with Crippen molar-refractivity contribution in [1.29, 1.82) is 0 Å². The van der Waals surface area contributed by atoms with Crippen molar-refractivity contribution < 1.29 is 8.78 Å². The van der Waals surface area contributed by atoms with E-state index in [9.17, 15) is 8.78 Å². The van der Waals surface area contributed by atoms with Gasteiger partial charge in [-0.25, -0.2) is 8.78 Å². The molecule has 0 aliphatic carbocycles. The number of benzene rings is 2. The first kappa shape index (κ1) is 15.9. The Hall–Kier alpha value is -1.45. The Morgan fingerprint density at radius 1 is 1.05 bits per heavy atom. The summed E-state index contributed by atoms with van der Waals surface area (Å²) in [5, 5.41) is 3.44. The molecule has 2 aromatic rings. The van der Waals surface area contributed by atoms with Crippen molar-refractivity contribution >= 4 is 11.6 Å². The maximum Gasteiger partial charge on any atom is 0.131 e. The van der Waals surface area contributed by atoms with Gasteiger partial charge in [0.15, 0.2) is 0 Å². The van der Waals surface area contributed by atoms with Gasteiger partial charge in [-0.05, 0) is 49.2 Å². The first-order valence-corrected chi connectivity index (χ1v) is 7.36. The highest BCUT2D eigenvalue weighted by Crippen LogP contribution is 2.32. The van der Waals surface area contributed by atoms with Gasteiger partial charge in [0.25, 0.3) is 0 Å². The minimum absolute atomic E-state index is 0.217. The monoisotopic (exact) mass is 309 g/mol. The highest BCUT2D eigenvalue weighted by Gasteiger charge is 2.12. The Balaban J connectivity index is 2.31. The molecule has 1 N–H and O–H groups in total. The molecular weight excluding hydrogens is 292 g/mol. The zero-order chi connectivity index (χ0) is 15.4. The minimum atomic E-state index is -0.385. The third-order valence-corrected chi connectivity index (χ3v) is 3.64. The average Bonchev–Trinajstić information content (AvgIpc) is 2.44. The summed E-state index contributed by atoms with van der Waals surface area (Å²) in [5.41, 5.74) is 2.23. The van der Waals surface area contributed by atoms with E-state index in [2.05, 4.69) is 12.2 Å². The normalized spacial score (nSPS) is 10.9. The van der Waals surface area contributed by atoms with E-state index in [1.807, 2.05) is 6.07 Å². The smallest absolute Gasteiger partial charge is 0.131 e. The first-order valence-electron chi connectivity index (χ1n) is 6.98. The summed E-state index contributed by atoms with van der Waals surface area (Å²) in [5.74, 6) is -0.733. The van der Waals surface area contributed by atoms with E-state index in [0.717, 1.165) is 18.5 Å². The topological polar surface area (TPSA) is 12.0 Å². The van der Waals surface area contributed by atoms with E-state index < -0.39 is 0 Å². The van der Waals surface area contributed by atoms with Crippen LogP contribution in [0.3, 0.4) is 0 Å². The molecule has 0 unspecified atom stereocenters. The molecule has 0 aromatic heterocycles. The van der Waals surface area contributed by atoms with Crippen LogP contribution in [0.1, 0.15) is 24.5 Å². The van der Waals surface area contributed by atoms with Crippen LogP contribution < -0.4 is 5.32 Å². The maximum absolute atomic E-state index is 14.3. The van der Waals surface area contributed by atoms with Gasteiger partial charge in [-0.15, -0.1) is 0 Å². The largest absolute Gasteiger partial charge is 0.313 e. The third-order valence-electron chi connectivity index (χ3n) is 3.33. The van der Waals surface area contributed by atoms with Gasteiger partial charge < -0.3 is 5.32 Å². The van der Waals surface area contributed by atoms with Crippen LogP contribution in [0.4, 0.5) is 8.78 Å². The van der Waals surface area contributed by atoms with Crippen LogP contribution in [0.2, 0.25) is 5.02 Å². The number of nitrogens with one attached hydrogen (secondary N) is 1. The van der Waals surface area contributed by atoms with Gasteiger partial charge >= 0.3 is 0 Å². The molecule has 112 valence electrons. The molecule has 0 amide bonds. The SMILES string of the molecule is CCCNCc1ccc(-c2cc(C)c(F)cc2Cl)c(F)c1. The number of rotatable bonds is 5. The second-order valence-corrected chi connectivity index (χ2v) is 5.48. The van der Waals surface area contributed by atoms with E-state index in [4.69, 9.17) is 11.6 Å². The van der Waals surface area contributed by atoms with Crippen LogP contribution in [-0.4, -0.2) is 6.54 Å². The second-order valence-electron chi connectivity index (χ2n) is 5.07. The van der Waals surface area contributed by atoms with Crippen molar-refractivity contribution in [3.63, 3.8) is 0 Å². The molecule has 0 fully saturated rings. The Labute approximate surface area is 128 Å². The van der Waals surface area contributed by atoms with E-state index in [0.29, 0.717) is 23.2 Å². The molecule has 4 heteroatoms. The molecule has 0 heterocycles. The molecule has 0 radical (unpaired) electrons. The molecule has 2 aromatic carbocycles. The Kier molecular flexibility index (Phi) is 5.32. The van der Waals surface area contributed by atoms with Gasteiger partial charge in [-0.1, -0.05) is 30.7 Å². The van der Waals surface area contributed by atoms with Crippen LogP contribution in [0.25, 0.3) is 11.1 Å². The minimum Gasteiger partial charge on any atom is -0.313 e. The summed E-state index contributed by atoms with van der Waals surface area (Å²) in [6.07, 6.45) is 1.03. The number of hydrogen-bond acceptors (Lipinski definition) is 1. The van der Waals surface area contributed by atoms with E-state index in [-0.39, 0.29) is 16.7 Å². The molecule has 0 saturated heterocycles. The molecule has 0 atom stereocenters. The van der Waals surface area contributed by atoms with Crippen molar-refractivity contribution in [1.82, 2.24) is 5.32 Å². The Morgan fingerprint density at radius 3 is 2.48 bits per heavy atom. The fraction of sp³-hybridized carbons (Fsp3) is 0.294. The Bertz CT molecular complexity index is 641. The molecular formula is C17H18ClF2N. The summed E-state index contributed by atoms with van der Waals surface area (Å²) in [4.78, 5) is 0. The van der Waals surface area contributed by atoms with Crippen LogP contribution in [-0.2, 0) is 6.54 Å². The zero-order valence-electron chi connectivity index (χ0n) is 12.1. The standard InChI is InChI=1S/C17H18ClF2N/c1-3-6-21-10-12-4-5-13(17(20)8-12)14-7-11(2)16(19)9-15(14)18/h4-5,7-9,21H,3,6,10H2,1-2H3. The molecule has 0 aliphatic heterocycles. The average molecular weight is 310 g/mol. The molecule has 0 spiro atoms. The molecule has 0 aliphatic rings. The quantitative estimate of drug-likeness (QED) is 0.758. The van der Waals surface area contributed by atoms with Gasteiger partial charge in [0, 0.05) is 17.7 Å². The lowest BCUT2D eigenvalue weighted by Crippen LogP contribution is -2.13. The third kappa shape index (κ3) is 3.80. The summed E-state index contributed by atoms with van der Waals surface area (Å²) < 4.78 is 27.7. The molecule has 1 nitrogen and oxygen atoms in total. The van der Waals surface area contributed by atoms with Crippen molar-refractivity contribution in [3.8, 4) is 11.1 Å². The van der Waals surface area contributed by atoms with Crippen molar-refractivity contribution in [3.05, 3.63) is 58.1 Å². The maximum atomic E-state index is 14.3. The van der Waals surface area contributed by atoms with Crippen molar-refractivity contribution in [2.45, 2.75) is 26.8 Å². The van der Waals surface area contributed by atoms with E-state index >= 15 is 0 Å². The van der Waals surface area contributed by atoms with Gasteiger partial charge in [0.1, 0.15) is 11.6 Å². The van der Waals surface area contributed by atoms with Gasteiger partial charge in [0.05, 0.1) is 5.02 Å². The van der Waals surface area contributed by atoms with Crippen LogP contribution >= 0.6 is 11.6 Å². The summed E-state index contributed by atoms with van der Waals surface area (Å²) >= 11 is 6.03. The van der Waals surface area contributed by atoms with Gasteiger partial charge in [-0.3, -0.25) is 0 Å². The number of halogens is 3. The number of aryl methyl sites for hydroxylation is 1. The zero-order valence-corrected chi connectivity index (χ0v) is 12.9. The first-order chi connectivity index (χ1) is 10.0. The predicted octanol–water partition coefficient (Wildman–Crippen LogP) is 5.09. The predicted molar refractivity (Wildman–Crippen MR) is 83.5 cm³/mol. The van der Waals surface area contributed by atoms with E-state index in [1.54, 1.807) is 19.1 Å². The molecule has 0 bridgehead atoms. The Morgan fingerprint density at radius 2 is 1.81 bits per heavy atom. The fourth-order valence-corrected chi connectivity index (χ4v) is 2.41. The number of hydrogen-bond donors (Lipinski definition) is 1. The molecule has 0 saturated carbocycles. The fourth-order valence-electron chi connectivity index (χ4n) is 2.16. The second kappa shape index (κ2) is 7.01. The van der Waals surface area contributed by atoms with Gasteiger partial charge in [-0.2, -0.15) is 0 Å². The van der Waals surface area contributed by atoms with Crippen LogP contribution in [0.5, 0.6) is 0 Å². The lowest BCUT2D eigenvalue weighted by Gasteiger charge is -2.10. The lowest BCUT2D eigenvalue weighted by molar-refractivity contribution is 0.616. The van der Waals surface area contributed by atoms with Crippen molar-refractivity contribution in [2.24, 2.45) is 0 Å². The molecule has 2 rings (SSSR count). The summed E-state index contributed by atoms with van der Waals surface area (Å²) in [7, 11) is 0. The van der Waals surface area contributed by atoms with Crippen LogP contribution in [0.15, 0.2) is 30.3 Å². The van der Waals surface area contributed by atoms with Crippen LogP contribution in [0, 0.1) is 18.6 Å². The van der Waals surface area contributed by atoms with Gasteiger partial charge in [0.2, 0.25) is 0 Å². The molecule has 21 heavy (non-hydrogen) atoms. The highest BCUT2D eigenvalue weighted by molar-refractivity contribution is 6.33. The summed E-state index contributed by atoms with van der Waals surface area (Å²) in [6.45, 7) is 5.24. The van der Waals surface area contributed by atoms with E-state index in [1.165, 1.54) is 12.1 Å². The summed E-state index contributed by atoms with van der Waals surface area (Å²) in [6, 6.07) is 7.84. The lowest BCUT2D eigenvalue weighted by atomic mass is 10.0. The van der Waals surface area contributed by atoms with Crippen molar-refractivity contribution in [2.75, 3.05) is 6.54 Å². The highest BCUT2D eigenvalue weighted by atomic mass is 35.5.